The maximum absolute atomic E-state index is 10.6. The molecule has 0 bridgehead atoms. The highest BCUT2D eigenvalue weighted by Crippen LogP contribution is 2.31. The van der Waals surface area contributed by atoms with Crippen LogP contribution in [0.1, 0.15) is 22.1 Å². The zero-order chi connectivity index (χ0) is 14.7. The average Bonchev–Trinajstić information content (AvgIpc) is 2.42. The number of hydrogen-bond acceptors (Lipinski definition) is 2. The summed E-state index contributed by atoms with van der Waals surface area (Å²) in [6.07, 6.45) is 0.636. The van der Waals surface area contributed by atoms with Crippen molar-refractivity contribution < 1.29 is 4.92 Å². The second kappa shape index (κ2) is 6.37. The summed E-state index contributed by atoms with van der Waals surface area (Å²) in [5, 5.41) is 10.5. The van der Waals surface area contributed by atoms with Crippen molar-refractivity contribution in [2.24, 2.45) is 0 Å². The smallest absolute Gasteiger partial charge is 0.258 e. The summed E-state index contributed by atoms with van der Waals surface area (Å²) in [6.45, 7) is 2.02. The quantitative estimate of drug-likeness (QED) is 0.431. The molecule has 0 heterocycles. The summed E-state index contributed by atoms with van der Waals surface area (Å²) < 4.78 is 1.03. The van der Waals surface area contributed by atoms with E-state index in [9.17, 15) is 10.1 Å². The first kappa shape index (κ1) is 15.0. The van der Waals surface area contributed by atoms with Gasteiger partial charge in [-0.1, -0.05) is 40.2 Å². The molecule has 0 fully saturated rings. The topological polar surface area (TPSA) is 43.1 Å². The lowest BCUT2D eigenvalue weighted by Crippen LogP contribution is -1.99. The van der Waals surface area contributed by atoms with Crippen LogP contribution in [-0.4, -0.2) is 4.92 Å². The number of benzene rings is 2. The predicted molar refractivity (Wildman–Crippen MR) is 84.3 cm³/mol. The van der Waals surface area contributed by atoms with E-state index < -0.39 is 4.92 Å². The van der Waals surface area contributed by atoms with E-state index in [2.05, 4.69) is 15.9 Å². The van der Waals surface area contributed by atoms with Gasteiger partial charge in [0.05, 0.1) is 10.3 Å². The SMILES string of the molecule is Cc1c(Br)cccc1C(Cl)Cc1ccc([N+](=O)[O-])cc1. The van der Waals surface area contributed by atoms with E-state index in [0.29, 0.717) is 6.42 Å². The molecule has 5 heteroatoms. The number of nitro groups is 1. The molecule has 0 saturated carbocycles. The number of alkyl halides is 1. The maximum atomic E-state index is 10.6. The Kier molecular flexibility index (Phi) is 4.78. The molecule has 0 saturated heterocycles. The largest absolute Gasteiger partial charge is 0.269 e. The van der Waals surface area contributed by atoms with Crippen LogP contribution in [-0.2, 0) is 6.42 Å². The van der Waals surface area contributed by atoms with Gasteiger partial charge in [-0.05, 0) is 36.1 Å². The van der Waals surface area contributed by atoms with Crippen LogP contribution in [0.5, 0.6) is 0 Å². The van der Waals surface area contributed by atoms with Crippen molar-refractivity contribution in [2.75, 3.05) is 0 Å². The van der Waals surface area contributed by atoms with Crippen LogP contribution in [0, 0.1) is 17.0 Å². The lowest BCUT2D eigenvalue weighted by atomic mass is 10.00. The molecule has 1 unspecified atom stereocenters. The average molecular weight is 355 g/mol. The molecule has 20 heavy (non-hydrogen) atoms. The molecule has 2 aromatic carbocycles. The lowest BCUT2D eigenvalue weighted by molar-refractivity contribution is -0.384. The van der Waals surface area contributed by atoms with Crippen molar-refractivity contribution in [1.29, 1.82) is 0 Å². The number of nitro benzene ring substituents is 1. The standard InChI is InChI=1S/C15H13BrClNO2/c1-10-13(3-2-4-14(10)16)15(17)9-11-5-7-12(8-6-11)18(19)20/h2-8,15H,9H2,1H3. The number of halogens is 2. The molecule has 0 aliphatic carbocycles. The molecule has 2 aromatic rings. The van der Waals surface area contributed by atoms with Gasteiger partial charge in [0.1, 0.15) is 0 Å². The van der Waals surface area contributed by atoms with Crippen molar-refractivity contribution in [1.82, 2.24) is 0 Å². The Morgan fingerprint density at radius 2 is 1.90 bits per heavy atom. The molecule has 3 nitrogen and oxygen atoms in total. The van der Waals surface area contributed by atoms with Crippen LogP contribution in [0.4, 0.5) is 5.69 Å². The molecule has 0 amide bonds. The minimum atomic E-state index is -0.402. The first-order valence-electron chi connectivity index (χ1n) is 6.11. The first-order chi connectivity index (χ1) is 9.49. The van der Waals surface area contributed by atoms with Gasteiger partial charge in [0.15, 0.2) is 0 Å². The van der Waals surface area contributed by atoms with Crippen molar-refractivity contribution in [3.63, 3.8) is 0 Å². The third-order valence-corrected chi connectivity index (χ3v) is 4.46. The Morgan fingerprint density at radius 3 is 2.50 bits per heavy atom. The molecule has 0 aliphatic heterocycles. The monoisotopic (exact) mass is 353 g/mol. The fraction of sp³-hybridized carbons (Fsp3) is 0.200. The summed E-state index contributed by atoms with van der Waals surface area (Å²) in [4.78, 5) is 10.2. The summed E-state index contributed by atoms with van der Waals surface area (Å²) in [5.41, 5.74) is 3.27. The maximum Gasteiger partial charge on any atom is 0.269 e. The molecule has 0 N–H and O–H groups in total. The minimum Gasteiger partial charge on any atom is -0.258 e. The van der Waals surface area contributed by atoms with Crippen LogP contribution in [0.25, 0.3) is 0 Å². The van der Waals surface area contributed by atoms with E-state index in [1.165, 1.54) is 12.1 Å². The van der Waals surface area contributed by atoms with Gasteiger partial charge in [-0.25, -0.2) is 0 Å². The van der Waals surface area contributed by atoms with E-state index in [1.807, 2.05) is 25.1 Å². The summed E-state index contributed by atoms with van der Waals surface area (Å²) in [5.74, 6) is 0. The normalized spacial score (nSPS) is 12.2. The van der Waals surface area contributed by atoms with Gasteiger partial charge in [-0.2, -0.15) is 0 Å². The third-order valence-electron chi connectivity index (χ3n) is 3.21. The van der Waals surface area contributed by atoms with Crippen LogP contribution in [0.3, 0.4) is 0 Å². The van der Waals surface area contributed by atoms with Crippen LogP contribution >= 0.6 is 27.5 Å². The number of nitrogens with zero attached hydrogens (tertiary/aromatic N) is 1. The highest BCUT2D eigenvalue weighted by molar-refractivity contribution is 9.10. The van der Waals surface area contributed by atoms with E-state index in [4.69, 9.17) is 11.6 Å². The van der Waals surface area contributed by atoms with Gasteiger partial charge in [0, 0.05) is 16.6 Å². The number of non-ortho nitro benzene ring substituents is 1. The highest BCUT2D eigenvalue weighted by Gasteiger charge is 2.13. The van der Waals surface area contributed by atoms with Gasteiger partial charge in [0.25, 0.3) is 5.69 Å². The summed E-state index contributed by atoms with van der Waals surface area (Å²) in [6, 6.07) is 12.5. The third kappa shape index (κ3) is 3.38. The molecular weight excluding hydrogens is 342 g/mol. The molecule has 2 rings (SSSR count). The number of hydrogen-bond donors (Lipinski definition) is 0. The fourth-order valence-corrected chi connectivity index (χ4v) is 2.83. The summed E-state index contributed by atoms with van der Waals surface area (Å²) >= 11 is 9.96. The van der Waals surface area contributed by atoms with Crippen molar-refractivity contribution in [2.45, 2.75) is 18.7 Å². The van der Waals surface area contributed by atoms with Crippen LogP contribution in [0.15, 0.2) is 46.9 Å². The van der Waals surface area contributed by atoms with Gasteiger partial charge in [0.2, 0.25) is 0 Å². The Morgan fingerprint density at radius 1 is 1.25 bits per heavy atom. The molecule has 0 spiro atoms. The zero-order valence-corrected chi connectivity index (χ0v) is 13.2. The molecule has 0 aliphatic rings. The highest BCUT2D eigenvalue weighted by atomic mass is 79.9. The van der Waals surface area contributed by atoms with E-state index in [0.717, 1.165) is 21.2 Å². The number of rotatable bonds is 4. The fourth-order valence-electron chi connectivity index (χ4n) is 2.03. The van der Waals surface area contributed by atoms with Crippen molar-refractivity contribution >= 4 is 33.2 Å². The Balaban J connectivity index is 2.17. The Hall–Kier alpha value is -1.39. The van der Waals surface area contributed by atoms with Gasteiger partial charge in [-0.15, -0.1) is 11.6 Å². The molecule has 104 valence electrons. The van der Waals surface area contributed by atoms with Gasteiger partial charge >= 0.3 is 0 Å². The van der Waals surface area contributed by atoms with E-state index in [-0.39, 0.29) is 11.1 Å². The predicted octanol–water partition coefficient (Wildman–Crippen LogP) is 5.19. The van der Waals surface area contributed by atoms with Crippen molar-refractivity contribution in [3.05, 3.63) is 73.7 Å². The zero-order valence-electron chi connectivity index (χ0n) is 10.8. The van der Waals surface area contributed by atoms with Gasteiger partial charge < -0.3 is 0 Å². The molecule has 1 atom stereocenters. The molecular formula is C15H13BrClNO2. The Labute approximate surface area is 130 Å². The lowest BCUT2D eigenvalue weighted by Gasteiger charge is -2.14. The Bertz CT molecular complexity index is 628. The second-order valence-corrected chi connectivity index (χ2v) is 5.93. The first-order valence-corrected chi connectivity index (χ1v) is 7.34. The van der Waals surface area contributed by atoms with Crippen LogP contribution in [0.2, 0.25) is 0 Å². The van der Waals surface area contributed by atoms with Gasteiger partial charge in [-0.3, -0.25) is 10.1 Å². The summed E-state index contributed by atoms with van der Waals surface area (Å²) in [7, 11) is 0. The van der Waals surface area contributed by atoms with Crippen molar-refractivity contribution in [3.8, 4) is 0 Å². The second-order valence-electron chi connectivity index (χ2n) is 4.55. The minimum absolute atomic E-state index is 0.0958. The molecule has 0 radical (unpaired) electrons. The van der Waals surface area contributed by atoms with Crippen LogP contribution < -0.4 is 0 Å². The van der Waals surface area contributed by atoms with E-state index in [1.54, 1.807) is 12.1 Å². The van der Waals surface area contributed by atoms with E-state index >= 15 is 0 Å². The molecule has 0 aromatic heterocycles.